The maximum atomic E-state index is 2.26. The van der Waals surface area contributed by atoms with E-state index >= 15 is 0 Å². The Balaban J connectivity index is 1.32. The summed E-state index contributed by atoms with van der Waals surface area (Å²) >= 11 is 5.62. The molecule has 0 saturated carbocycles. The van der Waals surface area contributed by atoms with Gasteiger partial charge in [0.2, 0.25) is 0 Å². The van der Waals surface area contributed by atoms with Gasteiger partial charge >= 0.3 is 0 Å². The minimum absolute atomic E-state index is 1.22. The van der Waals surface area contributed by atoms with Gasteiger partial charge in [0.25, 0.3) is 0 Å². The summed E-state index contributed by atoms with van der Waals surface area (Å²) in [6, 6.07) is 38.7. The smallest absolute Gasteiger partial charge is 0.0528 e. The van der Waals surface area contributed by atoms with E-state index in [4.69, 9.17) is 0 Å². The lowest BCUT2D eigenvalue weighted by molar-refractivity contribution is 1.67. The van der Waals surface area contributed by atoms with E-state index in [2.05, 4.69) is 133 Å². The summed E-state index contributed by atoms with van der Waals surface area (Å²) in [5.74, 6) is 0. The molecule has 0 aliphatic carbocycles. The van der Waals surface area contributed by atoms with Gasteiger partial charge in [0.15, 0.2) is 0 Å². The standard InChI is InChI=1S/C32H22S3/c1-3-9-23(10-4-1)15-17-25-19-21-29(33-25)31-27-13-7-8-14-28(27)32(35-31)30-22-20-26(34-30)18-16-24-11-5-2-6-12-24/h1-22H/b17-15+,18-16+. The van der Waals surface area contributed by atoms with Crippen LogP contribution >= 0.6 is 34.0 Å². The largest absolute Gasteiger partial charge is 0.135 e. The van der Waals surface area contributed by atoms with Crippen LogP contribution in [0.1, 0.15) is 20.9 Å². The lowest BCUT2D eigenvalue weighted by Gasteiger charge is -1.95. The third kappa shape index (κ3) is 4.85. The van der Waals surface area contributed by atoms with Crippen LogP contribution in [0.2, 0.25) is 0 Å². The Morgan fingerprint density at radius 1 is 0.371 bits per heavy atom. The summed E-state index contributed by atoms with van der Waals surface area (Å²) in [6.45, 7) is 0. The predicted molar refractivity (Wildman–Crippen MR) is 159 cm³/mol. The molecule has 0 atom stereocenters. The molecular weight excluding hydrogens is 481 g/mol. The van der Waals surface area contributed by atoms with E-state index in [-0.39, 0.29) is 0 Å². The highest BCUT2D eigenvalue weighted by Gasteiger charge is 2.16. The molecule has 35 heavy (non-hydrogen) atoms. The van der Waals surface area contributed by atoms with Gasteiger partial charge in [-0.3, -0.25) is 0 Å². The quantitative estimate of drug-likeness (QED) is 0.212. The molecule has 168 valence electrons. The SMILES string of the molecule is C(=C\c1ccc(-c2sc(-c3ccc(/C=C/c4ccccc4)s3)c3ccccc23)s1)/c1ccccc1. The van der Waals surface area contributed by atoms with Crippen LogP contribution in [0.3, 0.4) is 0 Å². The fourth-order valence-corrected chi connectivity index (χ4v) is 7.42. The molecular formula is C32H22S3. The molecule has 0 amide bonds. The van der Waals surface area contributed by atoms with Gasteiger partial charge in [0.05, 0.1) is 9.75 Å². The van der Waals surface area contributed by atoms with Crippen LogP contribution in [0.5, 0.6) is 0 Å². The van der Waals surface area contributed by atoms with Crippen molar-refractivity contribution in [2.45, 2.75) is 0 Å². The summed E-state index contributed by atoms with van der Waals surface area (Å²) in [6.07, 6.45) is 8.79. The first-order valence-corrected chi connectivity index (χ1v) is 14.0. The molecule has 3 aromatic carbocycles. The van der Waals surface area contributed by atoms with Crippen molar-refractivity contribution in [3.8, 4) is 19.5 Å². The molecule has 3 heterocycles. The summed E-state index contributed by atoms with van der Waals surface area (Å²) < 4.78 is 0. The molecule has 3 aromatic heterocycles. The van der Waals surface area contributed by atoms with Gasteiger partial charge in [-0.2, -0.15) is 0 Å². The van der Waals surface area contributed by atoms with Crippen molar-refractivity contribution in [1.29, 1.82) is 0 Å². The molecule has 6 rings (SSSR count). The van der Waals surface area contributed by atoms with Crippen molar-refractivity contribution in [3.63, 3.8) is 0 Å². The number of hydrogen-bond acceptors (Lipinski definition) is 3. The van der Waals surface area contributed by atoms with Crippen molar-refractivity contribution < 1.29 is 0 Å². The first-order chi connectivity index (χ1) is 17.3. The first kappa shape index (κ1) is 22.0. The van der Waals surface area contributed by atoms with Crippen molar-refractivity contribution in [2.75, 3.05) is 0 Å². The lowest BCUT2D eigenvalue weighted by atomic mass is 10.1. The number of benzene rings is 3. The predicted octanol–water partition coefficient (Wildman–Crippen LogP) is 10.7. The van der Waals surface area contributed by atoms with Crippen LogP contribution in [-0.2, 0) is 0 Å². The number of thiophene rings is 3. The molecule has 3 heteroatoms. The summed E-state index contributed by atoms with van der Waals surface area (Å²) in [4.78, 5) is 7.90. The van der Waals surface area contributed by atoms with Crippen LogP contribution in [0.25, 0.3) is 54.6 Å². The maximum Gasteiger partial charge on any atom is 0.0528 e. The first-order valence-electron chi connectivity index (χ1n) is 11.5. The lowest BCUT2D eigenvalue weighted by Crippen LogP contribution is -1.68. The van der Waals surface area contributed by atoms with Gasteiger partial charge < -0.3 is 0 Å². The average Bonchev–Trinajstić information content (AvgIpc) is 3.66. The van der Waals surface area contributed by atoms with Crippen LogP contribution in [-0.4, -0.2) is 0 Å². The number of hydrogen-bond donors (Lipinski definition) is 0. The zero-order chi connectivity index (χ0) is 23.5. The molecule has 0 fully saturated rings. The fraction of sp³-hybridized carbons (Fsp3) is 0. The van der Waals surface area contributed by atoms with Crippen LogP contribution < -0.4 is 0 Å². The van der Waals surface area contributed by atoms with Crippen LogP contribution in [0.4, 0.5) is 0 Å². The highest BCUT2D eigenvalue weighted by molar-refractivity contribution is 7.28. The van der Waals surface area contributed by atoms with Gasteiger partial charge in [-0.05, 0) is 47.5 Å². The monoisotopic (exact) mass is 502 g/mol. The summed E-state index contributed by atoms with van der Waals surface area (Å²) in [5, 5.41) is 2.67. The molecule has 0 saturated heterocycles. The Hall–Kier alpha value is -3.50. The average molecular weight is 503 g/mol. The fourth-order valence-electron chi connectivity index (χ4n) is 4.07. The molecule has 0 nitrogen and oxygen atoms in total. The number of rotatable bonds is 6. The van der Waals surface area contributed by atoms with Crippen LogP contribution in [0.15, 0.2) is 109 Å². The highest BCUT2D eigenvalue weighted by atomic mass is 32.1. The molecule has 0 spiro atoms. The van der Waals surface area contributed by atoms with Gasteiger partial charge in [0, 0.05) is 30.3 Å². The van der Waals surface area contributed by atoms with E-state index in [1.165, 1.54) is 51.2 Å². The normalized spacial score (nSPS) is 11.8. The molecule has 0 aliphatic rings. The van der Waals surface area contributed by atoms with E-state index < -0.39 is 0 Å². The zero-order valence-electron chi connectivity index (χ0n) is 18.9. The van der Waals surface area contributed by atoms with Crippen molar-refractivity contribution in [3.05, 3.63) is 130 Å². The molecule has 6 aromatic rings. The number of fused-ring (bicyclic) bond motifs is 1. The Morgan fingerprint density at radius 2 is 0.800 bits per heavy atom. The van der Waals surface area contributed by atoms with Gasteiger partial charge in [-0.15, -0.1) is 34.0 Å². The Bertz CT molecular complexity index is 1500. The molecule has 0 N–H and O–H groups in total. The van der Waals surface area contributed by atoms with E-state index in [9.17, 15) is 0 Å². The van der Waals surface area contributed by atoms with Crippen molar-refractivity contribution >= 4 is 69.1 Å². The van der Waals surface area contributed by atoms with Crippen molar-refractivity contribution in [1.82, 2.24) is 0 Å². The third-order valence-corrected chi connectivity index (χ3v) is 9.48. The Kier molecular flexibility index (Phi) is 6.29. The van der Waals surface area contributed by atoms with Gasteiger partial charge in [-0.25, -0.2) is 0 Å². The third-order valence-electron chi connectivity index (χ3n) is 5.80. The topological polar surface area (TPSA) is 0 Å². The minimum atomic E-state index is 1.22. The summed E-state index contributed by atoms with van der Waals surface area (Å²) in [7, 11) is 0. The molecule has 0 aliphatic heterocycles. The van der Waals surface area contributed by atoms with Crippen molar-refractivity contribution in [2.24, 2.45) is 0 Å². The molecule has 0 bridgehead atoms. The maximum absolute atomic E-state index is 2.26. The van der Waals surface area contributed by atoms with E-state index in [0.717, 1.165) is 0 Å². The summed E-state index contributed by atoms with van der Waals surface area (Å²) in [5.41, 5.74) is 2.45. The highest BCUT2D eigenvalue weighted by Crippen LogP contribution is 2.47. The van der Waals surface area contributed by atoms with E-state index in [1.807, 2.05) is 34.0 Å². The second kappa shape index (κ2) is 10.0. The second-order valence-electron chi connectivity index (χ2n) is 8.20. The molecule has 0 radical (unpaired) electrons. The Morgan fingerprint density at radius 3 is 1.26 bits per heavy atom. The van der Waals surface area contributed by atoms with Gasteiger partial charge in [0.1, 0.15) is 0 Å². The van der Waals surface area contributed by atoms with E-state index in [1.54, 1.807) is 0 Å². The zero-order valence-corrected chi connectivity index (χ0v) is 21.4. The van der Waals surface area contributed by atoms with Crippen LogP contribution in [0, 0.1) is 0 Å². The molecule has 0 unspecified atom stereocenters. The van der Waals surface area contributed by atoms with Gasteiger partial charge in [-0.1, -0.05) is 97.1 Å². The Labute approximate surface area is 217 Å². The minimum Gasteiger partial charge on any atom is -0.135 e. The van der Waals surface area contributed by atoms with E-state index in [0.29, 0.717) is 0 Å². The second-order valence-corrected chi connectivity index (χ2v) is 11.4.